The SMILES string of the molecule is N#Cc1cccc(OC2CC2)c1C=O. The maximum atomic E-state index is 10.8. The molecule has 1 aliphatic carbocycles. The summed E-state index contributed by atoms with van der Waals surface area (Å²) in [5.41, 5.74) is 0.736. The van der Waals surface area contributed by atoms with Crippen LogP contribution in [0, 0.1) is 11.3 Å². The zero-order chi connectivity index (χ0) is 9.97. The molecule has 0 heterocycles. The van der Waals surface area contributed by atoms with E-state index in [-0.39, 0.29) is 6.10 Å². The number of carbonyl (C=O) groups is 1. The van der Waals surface area contributed by atoms with Crippen LogP contribution in [-0.4, -0.2) is 12.4 Å². The maximum Gasteiger partial charge on any atom is 0.155 e. The number of rotatable bonds is 3. The van der Waals surface area contributed by atoms with E-state index in [4.69, 9.17) is 10.00 Å². The average Bonchev–Trinajstić information content (AvgIpc) is 3.01. The smallest absolute Gasteiger partial charge is 0.155 e. The lowest BCUT2D eigenvalue weighted by molar-refractivity contribution is 0.111. The molecule has 1 saturated carbocycles. The van der Waals surface area contributed by atoms with Crippen molar-refractivity contribution in [3.05, 3.63) is 29.3 Å². The molecule has 0 bridgehead atoms. The van der Waals surface area contributed by atoms with Crippen LogP contribution < -0.4 is 4.74 Å². The summed E-state index contributed by atoms with van der Waals surface area (Å²) in [6.07, 6.45) is 2.99. The highest BCUT2D eigenvalue weighted by atomic mass is 16.5. The van der Waals surface area contributed by atoms with Crippen molar-refractivity contribution in [3.8, 4) is 11.8 Å². The van der Waals surface area contributed by atoms with Crippen LogP contribution in [0.1, 0.15) is 28.8 Å². The maximum absolute atomic E-state index is 10.8. The standard InChI is InChI=1S/C11H9NO2/c12-6-8-2-1-3-11(10(8)7-13)14-9-4-5-9/h1-3,7,9H,4-5H2. The molecule has 0 radical (unpaired) electrons. The van der Waals surface area contributed by atoms with Crippen LogP contribution >= 0.6 is 0 Å². The monoisotopic (exact) mass is 187 g/mol. The molecule has 1 aliphatic rings. The van der Waals surface area contributed by atoms with E-state index in [0.29, 0.717) is 23.2 Å². The van der Waals surface area contributed by atoms with Crippen LogP contribution in [-0.2, 0) is 0 Å². The molecule has 0 atom stereocenters. The second kappa shape index (κ2) is 3.51. The first-order chi connectivity index (χ1) is 6.85. The first-order valence-electron chi connectivity index (χ1n) is 4.50. The zero-order valence-electron chi connectivity index (χ0n) is 7.56. The molecule has 2 rings (SSSR count). The minimum absolute atomic E-state index is 0.239. The lowest BCUT2D eigenvalue weighted by Gasteiger charge is -2.07. The summed E-state index contributed by atoms with van der Waals surface area (Å²) in [5.74, 6) is 0.529. The Morgan fingerprint density at radius 1 is 1.50 bits per heavy atom. The van der Waals surface area contributed by atoms with Crippen molar-refractivity contribution in [2.24, 2.45) is 0 Å². The van der Waals surface area contributed by atoms with E-state index in [0.717, 1.165) is 12.8 Å². The fraction of sp³-hybridized carbons (Fsp3) is 0.273. The highest BCUT2D eigenvalue weighted by Gasteiger charge is 2.24. The molecule has 14 heavy (non-hydrogen) atoms. The van der Waals surface area contributed by atoms with Gasteiger partial charge in [0.1, 0.15) is 11.8 Å². The molecule has 0 amide bonds. The number of ether oxygens (including phenoxy) is 1. The Bertz CT molecular complexity index is 402. The Hall–Kier alpha value is -1.82. The number of nitriles is 1. The van der Waals surface area contributed by atoms with Crippen molar-refractivity contribution in [1.29, 1.82) is 5.26 Å². The van der Waals surface area contributed by atoms with E-state index in [1.807, 2.05) is 6.07 Å². The molecule has 1 aromatic rings. The third kappa shape index (κ3) is 1.60. The molecule has 0 spiro atoms. The van der Waals surface area contributed by atoms with E-state index >= 15 is 0 Å². The molecule has 3 nitrogen and oxygen atoms in total. The number of benzene rings is 1. The predicted octanol–water partition coefficient (Wildman–Crippen LogP) is 1.91. The normalized spacial score (nSPS) is 14.5. The number of nitrogens with zero attached hydrogens (tertiary/aromatic N) is 1. The molecule has 0 unspecified atom stereocenters. The molecular formula is C11H9NO2. The average molecular weight is 187 g/mol. The van der Waals surface area contributed by atoms with Crippen molar-refractivity contribution >= 4 is 6.29 Å². The fourth-order valence-corrected chi connectivity index (χ4v) is 1.23. The van der Waals surface area contributed by atoms with Gasteiger partial charge in [0.25, 0.3) is 0 Å². The molecule has 0 saturated heterocycles. The van der Waals surface area contributed by atoms with Gasteiger partial charge < -0.3 is 4.74 Å². The first kappa shape index (κ1) is 8.76. The number of hydrogen-bond donors (Lipinski definition) is 0. The largest absolute Gasteiger partial charge is 0.490 e. The molecular weight excluding hydrogens is 178 g/mol. The van der Waals surface area contributed by atoms with Crippen molar-refractivity contribution in [3.63, 3.8) is 0 Å². The Balaban J connectivity index is 2.37. The zero-order valence-corrected chi connectivity index (χ0v) is 7.56. The van der Waals surface area contributed by atoms with E-state index in [1.165, 1.54) is 0 Å². The Morgan fingerprint density at radius 3 is 2.86 bits per heavy atom. The molecule has 3 heteroatoms. The number of aldehydes is 1. The van der Waals surface area contributed by atoms with Crippen LogP contribution in [0.15, 0.2) is 18.2 Å². The van der Waals surface area contributed by atoms with Crippen LogP contribution in [0.25, 0.3) is 0 Å². The summed E-state index contributed by atoms with van der Waals surface area (Å²) in [5, 5.41) is 8.76. The number of carbonyl (C=O) groups excluding carboxylic acids is 1. The minimum atomic E-state index is 0.239. The lowest BCUT2D eigenvalue weighted by atomic mass is 10.1. The Labute approximate surface area is 81.9 Å². The van der Waals surface area contributed by atoms with Crippen LogP contribution in [0.4, 0.5) is 0 Å². The summed E-state index contributed by atoms with van der Waals surface area (Å²) in [6.45, 7) is 0. The summed E-state index contributed by atoms with van der Waals surface area (Å²) >= 11 is 0. The predicted molar refractivity (Wildman–Crippen MR) is 50.2 cm³/mol. The summed E-state index contributed by atoms with van der Waals surface area (Å²) < 4.78 is 5.51. The molecule has 0 N–H and O–H groups in total. The van der Waals surface area contributed by atoms with E-state index in [1.54, 1.807) is 18.2 Å². The second-order valence-corrected chi connectivity index (χ2v) is 3.26. The van der Waals surface area contributed by atoms with Crippen molar-refractivity contribution in [2.75, 3.05) is 0 Å². The van der Waals surface area contributed by atoms with Crippen LogP contribution in [0.3, 0.4) is 0 Å². The molecule has 70 valence electrons. The van der Waals surface area contributed by atoms with E-state index < -0.39 is 0 Å². The summed E-state index contributed by atoms with van der Waals surface area (Å²) in [4.78, 5) is 10.8. The second-order valence-electron chi connectivity index (χ2n) is 3.26. The van der Waals surface area contributed by atoms with Gasteiger partial charge in [0.15, 0.2) is 6.29 Å². The Kier molecular flexibility index (Phi) is 2.19. The third-order valence-electron chi connectivity index (χ3n) is 2.12. The minimum Gasteiger partial charge on any atom is -0.490 e. The van der Waals surface area contributed by atoms with Gasteiger partial charge in [-0.1, -0.05) is 6.07 Å². The van der Waals surface area contributed by atoms with E-state index in [2.05, 4.69) is 0 Å². The number of hydrogen-bond acceptors (Lipinski definition) is 3. The summed E-state index contributed by atoms with van der Waals surface area (Å²) in [6, 6.07) is 7.03. The van der Waals surface area contributed by atoms with Gasteiger partial charge in [-0.25, -0.2) is 0 Å². The lowest BCUT2D eigenvalue weighted by Crippen LogP contribution is -2.00. The van der Waals surface area contributed by atoms with E-state index in [9.17, 15) is 4.79 Å². The Morgan fingerprint density at radius 2 is 2.29 bits per heavy atom. The highest BCUT2D eigenvalue weighted by Crippen LogP contribution is 2.29. The third-order valence-corrected chi connectivity index (χ3v) is 2.12. The molecule has 0 aromatic heterocycles. The van der Waals surface area contributed by atoms with Crippen molar-refractivity contribution in [1.82, 2.24) is 0 Å². The fourth-order valence-electron chi connectivity index (χ4n) is 1.23. The van der Waals surface area contributed by atoms with Gasteiger partial charge in [-0.15, -0.1) is 0 Å². The van der Waals surface area contributed by atoms with Crippen molar-refractivity contribution < 1.29 is 9.53 Å². The highest BCUT2D eigenvalue weighted by molar-refractivity contribution is 5.83. The molecule has 1 fully saturated rings. The van der Waals surface area contributed by atoms with Gasteiger partial charge in [-0.3, -0.25) is 4.79 Å². The van der Waals surface area contributed by atoms with Gasteiger partial charge >= 0.3 is 0 Å². The van der Waals surface area contributed by atoms with Crippen molar-refractivity contribution in [2.45, 2.75) is 18.9 Å². The van der Waals surface area contributed by atoms with Gasteiger partial charge in [-0.05, 0) is 25.0 Å². The quantitative estimate of drug-likeness (QED) is 0.679. The van der Waals surface area contributed by atoms with Crippen LogP contribution in [0.2, 0.25) is 0 Å². The molecule has 0 aliphatic heterocycles. The first-order valence-corrected chi connectivity index (χ1v) is 4.50. The summed E-state index contributed by atoms with van der Waals surface area (Å²) in [7, 11) is 0. The van der Waals surface area contributed by atoms with Gasteiger partial charge in [0.2, 0.25) is 0 Å². The van der Waals surface area contributed by atoms with Gasteiger partial charge in [0.05, 0.1) is 17.2 Å². The van der Waals surface area contributed by atoms with Crippen LogP contribution in [0.5, 0.6) is 5.75 Å². The van der Waals surface area contributed by atoms with Gasteiger partial charge in [-0.2, -0.15) is 5.26 Å². The molecule has 1 aromatic carbocycles. The van der Waals surface area contributed by atoms with Gasteiger partial charge in [0, 0.05) is 0 Å². The topological polar surface area (TPSA) is 50.1 Å².